The SMILES string of the molecule is CCC1C(O)CCC(C(O)(c2ccccc2)c2ccccc2)C1C. The van der Waals surface area contributed by atoms with Gasteiger partial charge >= 0.3 is 0 Å². The van der Waals surface area contributed by atoms with E-state index in [4.69, 9.17) is 0 Å². The van der Waals surface area contributed by atoms with E-state index in [1.165, 1.54) is 0 Å². The van der Waals surface area contributed by atoms with Crippen LogP contribution in [0.3, 0.4) is 0 Å². The molecule has 0 bridgehead atoms. The minimum absolute atomic E-state index is 0.0932. The van der Waals surface area contributed by atoms with Crippen LogP contribution in [0, 0.1) is 17.8 Å². The molecule has 2 heteroatoms. The van der Waals surface area contributed by atoms with Gasteiger partial charge in [-0.1, -0.05) is 80.9 Å². The second kappa shape index (κ2) is 7.08. The fourth-order valence-electron chi connectivity index (χ4n) is 4.69. The number of aliphatic hydroxyl groups excluding tert-OH is 1. The Morgan fingerprint density at radius 1 is 0.917 bits per heavy atom. The molecule has 0 radical (unpaired) electrons. The second-order valence-corrected chi connectivity index (χ2v) is 7.18. The van der Waals surface area contributed by atoms with Crippen molar-refractivity contribution in [2.75, 3.05) is 0 Å². The molecule has 2 aromatic rings. The van der Waals surface area contributed by atoms with E-state index in [1.54, 1.807) is 0 Å². The first-order chi connectivity index (χ1) is 11.6. The van der Waals surface area contributed by atoms with E-state index in [0.717, 1.165) is 30.4 Å². The molecular formula is C22H28O2. The van der Waals surface area contributed by atoms with E-state index >= 15 is 0 Å². The second-order valence-electron chi connectivity index (χ2n) is 7.18. The minimum atomic E-state index is -1.02. The van der Waals surface area contributed by atoms with Gasteiger partial charge in [0.15, 0.2) is 0 Å². The van der Waals surface area contributed by atoms with Crippen molar-refractivity contribution in [1.82, 2.24) is 0 Å². The zero-order chi connectivity index (χ0) is 17.2. The molecule has 1 fully saturated rings. The molecule has 0 spiro atoms. The lowest BCUT2D eigenvalue weighted by atomic mass is 9.61. The normalized spacial score (nSPS) is 27.8. The van der Waals surface area contributed by atoms with Crippen molar-refractivity contribution >= 4 is 0 Å². The molecule has 0 aliphatic heterocycles. The summed E-state index contributed by atoms with van der Waals surface area (Å²) in [5.41, 5.74) is 0.869. The minimum Gasteiger partial charge on any atom is -0.393 e. The first kappa shape index (κ1) is 17.2. The monoisotopic (exact) mass is 324 g/mol. The Balaban J connectivity index is 2.09. The van der Waals surface area contributed by atoms with Gasteiger partial charge in [0.25, 0.3) is 0 Å². The van der Waals surface area contributed by atoms with E-state index in [0.29, 0.717) is 0 Å². The largest absolute Gasteiger partial charge is 0.393 e. The van der Waals surface area contributed by atoms with E-state index in [9.17, 15) is 10.2 Å². The van der Waals surface area contributed by atoms with Gasteiger partial charge in [-0.15, -0.1) is 0 Å². The number of hydrogen-bond donors (Lipinski definition) is 2. The first-order valence-electron chi connectivity index (χ1n) is 9.10. The molecule has 128 valence electrons. The summed E-state index contributed by atoms with van der Waals surface area (Å²) in [6.45, 7) is 4.33. The standard InChI is InChI=1S/C22H28O2/c1-3-19-16(2)20(14-15-21(19)23)22(24,17-10-6-4-7-11-17)18-12-8-5-9-13-18/h4-13,16,19-21,23-24H,3,14-15H2,1-2H3. The quantitative estimate of drug-likeness (QED) is 0.877. The highest BCUT2D eigenvalue weighted by Gasteiger charge is 2.47. The molecule has 2 nitrogen and oxygen atoms in total. The molecule has 0 amide bonds. The molecule has 2 N–H and O–H groups in total. The predicted octanol–water partition coefficient (Wildman–Crippen LogP) is 4.36. The van der Waals surface area contributed by atoms with Crippen molar-refractivity contribution < 1.29 is 10.2 Å². The Morgan fingerprint density at radius 2 is 1.42 bits per heavy atom. The summed E-state index contributed by atoms with van der Waals surface area (Å²) in [5, 5.41) is 22.3. The van der Waals surface area contributed by atoms with Gasteiger partial charge < -0.3 is 10.2 Å². The van der Waals surface area contributed by atoms with Gasteiger partial charge in [-0.25, -0.2) is 0 Å². The van der Waals surface area contributed by atoms with Gasteiger partial charge in [-0.2, -0.15) is 0 Å². The van der Waals surface area contributed by atoms with Crippen LogP contribution < -0.4 is 0 Å². The molecule has 2 aromatic carbocycles. The summed E-state index contributed by atoms with van der Waals surface area (Å²) < 4.78 is 0. The van der Waals surface area contributed by atoms with E-state index < -0.39 is 5.60 Å². The van der Waals surface area contributed by atoms with Crippen molar-refractivity contribution in [2.45, 2.75) is 44.8 Å². The summed E-state index contributed by atoms with van der Waals surface area (Å²) in [7, 11) is 0. The molecule has 1 aliphatic rings. The van der Waals surface area contributed by atoms with Gasteiger partial charge in [0.2, 0.25) is 0 Å². The van der Waals surface area contributed by atoms with Crippen LogP contribution in [0.25, 0.3) is 0 Å². The van der Waals surface area contributed by atoms with Crippen molar-refractivity contribution in [3.8, 4) is 0 Å². The lowest BCUT2D eigenvalue weighted by Gasteiger charge is -2.47. The van der Waals surface area contributed by atoms with Crippen molar-refractivity contribution in [3.05, 3.63) is 71.8 Å². The number of aliphatic hydroxyl groups is 2. The van der Waals surface area contributed by atoms with Crippen LogP contribution in [0.15, 0.2) is 60.7 Å². The molecule has 1 aliphatic carbocycles. The predicted molar refractivity (Wildman–Crippen MR) is 97.6 cm³/mol. The summed E-state index contributed by atoms with van der Waals surface area (Å²) in [5.74, 6) is 0.586. The van der Waals surface area contributed by atoms with E-state index in [2.05, 4.69) is 13.8 Å². The highest BCUT2D eigenvalue weighted by Crippen LogP contribution is 2.49. The van der Waals surface area contributed by atoms with Crippen molar-refractivity contribution in [2.24, 2.45) is 17.8 Å². The number of benzene rings is 2. The zero-order valence-electron chi connectivity index (χ0n) is 14.6. The number of hydrogen-bond acceptors (Lipinski definition) is 2. The molecule has 3 rings (SSSR count). The maximum atomic E-state index is 12.0. The summed E-state index contributed by atoms with van der Waals surface area (Å²) in [6.07, 6.45) is 2.28. The Hall–Kier alpha value is -1.64. The van der Waals surface area contributed by atoms with Crippen LogP contribution in [-0.2, 0) is 5.60 Å². The smallest absolute Gasteiger partial charge is 0.118 e. The third kappa shape index (κ3) is 2.89. The average Bonchev–Trinajstić information content (AvgIpc) is 2.63. The van der Waals surface area contributed by atoms with Crippen LogP contribution in [-0.4, -0.2) is 16.3 Å². The maximum Gasteiger partial charge on any atom is 0.118 e. The van der Waals surface area contributed by atoms with Crippen LogP contribution in [0.4, 0.5) is 0 Å². The fraction of sp³-hybridized carbons (Fsp3) is 0.455. The Kier molecular flexibility index (Phi) is 5.07. The van der Waals surface area contributed by atoms with Gasteiger partial charge in [-0.3, -0.25) is 0 Å². The first-order valence-corrected chi connectivity index (χ1v) is 9.10. The Morgan fingerprint density at radius 3 is 1.88 bits per heavy atom. The third-order valence-electron chi connectivity index (χ3n) is 6.01. The van der Waals surface area contributed by atoms with Crippen LogP contribution in [0.1, 0.15) is 44.2 Å². The molecular weight excluding hydrogens is 296 g/mol. The molecule has 4 unspecified atom stereocenters. The lowest BCUT2D eigenvalue weighted by molar-refractivity contribution is -0.0786. The molecule has 1 saturated carbocycles. The fourth-order valence-corrected chi connectivity index (χ4v) is 4.69. The van der Waals surface area contributed by atoms with Crippen molar-refractivity contribution in [1.29, 1.82) is 0 Å². The average molecular weight is 324 g/mol. The van der Waals surface area contributed by atoms with Crippen LogP contribution >= 0.6 is 0 Å². The highest BCUT2D eigenvalue weighted by atomic mass is 16.3. The Labute approximate surface area is 145 Å². The van der Waals surface area contributed by atoms with Crippen molar-refractivity contribution in [3.63, 3.8) is 0 Å². The molecule has 0 aromatic heterocycles. The van der Waals surface area contributed by atoms with Crippen LogP contribution in [0.5, 0.6) is 0 Å². The van der Waals surface area contributed by atoms with Gasteiger partial charge in [0.05, 0.1) is 6.10 Å². The summed E-state index contributed by atoms with van der Waals surface area (Å²) >= 11 is 0. The Bertz CT molecular complexity index is 598. The van der Waals surface area contributed by atoms with Gasteiger partial charge in [-0.05, 0) is 41.7 Å². The topological polar surface area (TPSA) is 40.5 Å². The molecule has 0 saturated heterocycles. The lowest BCUT2D eigenvalue weighted by Crippen LogP contribution is -2.47. The van der Waals surface area contributed by atoms with E-state index in [-0.39, 0.29) is 23.9 Å². The highest BCUT2D eigenvalue weighted by molar-refractivity contribution is 5.37. The van der Waals surface area contributed by atoms with Gasteiger partial charge in [0, 0.05) is 0 Å². The molecule has 4 atom stereocenters. The van der Waals surface area contributed by atoms with Gasteiger partial charge in [0.1, 0.15) is 5.60 Å². The maximum absolute atomic E-state index is 12.0. The van der Waals surface area contributed by atoms with Crippen LogP contribution in [0.2, 0.25) is 0 Å². The molecule has 0 heterocycles. The molecule has 24 heavy (non-hydrogen) atoms. The number of rotatable bonds is 4. The summed E-state index contributed by atoms with van der Waals surface area (Å²) in [4.78, 5) is 0. The third-order valence-corrected chi connectivity index (χ3v) is 6.01. The zero-order valence-corrected chi connectivity index (χ0v) is 14.6. The van der Waals surface area contributed by atoms with E-state index in [1.807, 2.05) is 60.7 Å². The summed E-state index contributed by atoms with van der Waals surface area (Å²) in [6, 6.07) is 20.0.